The Bertz CT molecular complexity index is 1540. The maximum Gasteiger partial charge on any atom is 0.264 e. The second kappa shape index (κ2) is 13.5. The maximum absolute atomic E-state index is 13.3. The van der Waals surface area contributed by atoms with Crippen LogP contribution >= 0.6 is 11.6 Å². The molecular formula is C28H25ClN4O6S. The quantitative estimate of drug-likeness (QED) is 0.193. The first-order chi connectivity index (χ1) is 19.3. The van der Waals surface area contributed by atoms with E-state index in [4.69, 9.17) is 20.8 Å². The van der Waals surface area contributed by atoms with Crippen molar-refractivity contribution in [2.24, 2.45) is 5.10 Å². The summed E-state index contributed by atoms with van der Waals surface area (Å²) in [5, 5.41) is 7.04. The van der Waals surface area contributed by atoms with Crippen molar-refractivity contribution < 1.29 is 27.2 Å². The second-order valence-corrected chi connectivity index (χ2v) is 10.6. The summed E-state index contributed by atoms with van der Waals surface area (Å²) in [7, 11) is -4.04. The molecule has 12 heteroatoms. The van der Waals surface area contributed by atoms with Crippen LogP contribution in [0, 0.1) is 0 Å². The molecule has 0 atom stereocenters. The van der Waals surface area contributed by atoms with E-state index in [-0.39, 0.29) is 29.6 Å². The number of amides is 2. The number of sulfonamides is 1. The Morgan fingerprint density at radius 3 is 2.33 bits per heavy atom. The fourth-order valence-corrected chi connectivity index (χ4v) is 5.00. The molecule has 0 bridgehead atoms. The highest BCUT2D eigenvalue weighted by atomic mass is 35.5. The molecule has 0 saturated carbocycles. The number of anilines is 1. The van der Waals surface area contributed by atoms with Gasteiger partial charge in [0.05, 0.1) is 29.6 Å². The molecule has 1 aromatic heterocycles. The van der Waals surface area contributed by atoms with Crippen molar-refractivity contribution in [1.29, 1.82) is 0 Å². The van der Waals surface area contributed by atoms with Gasteiger partial charge in [-0.15, -0.1) is 0 Å². The number of nitrogens with one attached hydrogen (secondary N) is 2. The number of ether oxygens (including phenoxy) is 1. The molecule has 0 unspecified atom stereocenters. The predicted octanol–water partition coefficient (Wildman–Crippen LogP) is 3.97. The molecule has 0 fully saturated rings. The Hall–Kier alpha value is -4.61. The molecule has 206 valence electrons. The Morgan fingerprint density at radius 2 is 1.65 bits per heavy atom. The largest absolute Gasteiger partial charge is 0.484 e. The van der Waals surface area contributed by atoms with E-state index in [0.29, 0.717) is 22.1 Å². The van der Waals surface area contributed by atoms with E-state index in [1.807, 2.05) is 0 Å². The molecule has 10 nitrogen and oxygen atoms in total. The minimum absolute atomic E-state index is 0.0403. The van der Waals surface area contributed by atoms with Crippen LogP contribution in [-0.4, -0.2) is 39.6 Å². The van der Waals surface area contributed by atoms with Crippen LogP contribution in [0.3, 0.4) is 0 Å². The van der Waals surface area contributed by atoms with E-state index >= 15 is 0 Å². The second-order valence-electron chi connectivity index (χ2n) is 8.31. The van der Waals surface area contributed by atoms with Crippen molar-refractivity contribution in [1.82, 2.24) is 10.7 Å². The molecular weight excluding hydrogens is 556 g/mol. The van der Waals surface area contributed by atoms with Crippen LogP contribution in [-0.2, 0) is 26.2 Å². The highest BCUT2D eigenvalue weighted by Gasteiger charge is 2.27. The standard InChI is InChI=1S/C28H25ClN4O6S/c29-22-10-12-23(13-11-22)33(40(36,37)26-6-2-1-3-7-26)19-27(34)32-31-17-21-8-14-24(15-9-21)39-20-28(35)30-18-25-5-4-16-38-25/h1-17H,18-20H2,(H,30,35)(H,32,34)/b31-17-. The molecule has 4 rings (SSSR count). The molecule has 40 heavy (non-hydrogen) atoms. The van der Waals surface area contributed by atoms with Crippen molar-refractivity contribution in [3.05, 3.63) is 114 Å². The van der Waals surface area contributed by atoms with Crippen molar-refractivity contribution in [3.8, 4) is 5.75 Å². The summed E-state index contributed by atoms with van der Waals surface area (Å²) < 4.78 is 38.2. The van der Waals surface area contributed by atoms with E-state index in [2.05, 4.69) is 15.8 Å². The number of carbonyl (C=O) groups is 2. The van der Waals surface area contributed by atoms with Crippen LogP contribution in [0.2, 0.25) is 5.02 Å². The number of nitrogens with zero attached hydrogens (tertiary/aromatic N) is 2. The van der Waals surface area contributed by atoms with Gasteiger partial charge in [0.2, 0.25) is 0 Å². The first kappa shape index (κ1) is 28.4. The molecule has 3 aromatic carbocycles. The van der Waals surface area contributed by atoms with Gasteiger partial charge in [0.15, 0.2) is 6.61 Å². The van der Waals surface area contributed by atoms with Gasteiger partial charge < -0.3 is 14.5 Å². The van der Waals surface area contributed by atoms with Crippen LogP contribution in [0.25, 0.3) is 0 Å². The topological polar surface area (TPSA) is 130 Å². The van der Waals surface area contributed by atoms with E-state index in [1.165, 1.54) is 36.7 Å². The third kappa shape index (κ3) is 7.95. The first-order valence-corrected chi connectivity index (χ1v) is 13.8. The average molecular weight is 581 g/mol. The summed E-state index contributed by atoms with van der Waals surface area (Å²) >= 11 is 5.96. The number of halogens is 1. The van der Waals surface area contributed by atoms with Gasteiger partial charge in [-0.2, -0.15) is 5.10 Å². The molecule has 0 saturated heterocycles. The molecule has 0 radical (unpaired) electrons. The zero-order valence-electron chi connectivity index (χ0n) is 21.1. The zero-order chi connectivity index (χ0) is 28.4. The van der Waals surface area contributed by atoms with Crippen LogP contribution in [0.15, 0.2) is 112 Å². The molecule has 0 aliphatic carbocycles. The summed E-state index contributed by atoms with van der Waals surface area (Å²) in [6.07, 6.45) is 2.93. The monoisotopic (exact) mass is 580 g/mol. The fraction of sp³-hybridized carbons (Fsp3) is 0.107. The lowest BCUT2D eigenvalue weighted by Crippen LogP contribution is -2.39. The van der Waals surface area contributed by atoms with Gasteiger partial charge in [0.1, 0.15) is 18.1 Å². The number of hydrogen-bond acceptors (Lipinski definition) is 7. The van der Waals surface area contributed by atoms with E-state index in [0.717, 1.165) is 4.31 Å². The normalized spacial score (nSPS) is 11.2. The van der Waals surface area contributed by atoms with Crippen molar-refractivity contribution in [2.75, 3.05) is 17.5 Å². The van der Waals surface area contributed by atoms with Crippen LogP contribution < -0.4 is 19.8 Å². The lowest BCUT2D eigenvalue weighted by molar-refractivity contribution is -0.123. The highest BCUT2D eigenvalue weighted by Crippen LogP contribution is 2.25. The minimum Gasteiger partial charge on any atom is -0.484 e. The predicted molar refractivity (Wildman–Crippen MR) is 151 cm³/mol. The van der Waals surface area contributed by atoms with Crippen LogP contribution in [0.4, 0.5) is 5.69 Å². The van der Waals surface area contributed by atoms with Gasteiger partial charge in [-0.3, -0.25) is 13.9 Å². The zero-order valence-corrected chi connectivity index (χ0v) is 22.6. The van der Waals surface area contributed by atoms with Crippen molar-refractivity contribution in [2.45, 2.75) is 11.4 Å². The van der Waals surface area contributed by atoms with Gasteiger partial charge in [0, 0.05) is 5.02 Å². The number of hydrazone groups is 1. The van der Waals surface area contributed by atoms with Gasteiger partial charge >= 0.3 is 0 Å². The Balaban J connectivity index is 1.32. The summed E-state index contributed by atoms with van der Waals surface area (Å²) in [6, 6.07) is 24.1. The molecule has 2 N–H and O–H groups in total. The SMILES string of the molecule is O=C(COc1ccc(/C=N\NC(=O)CN(c2ccc(Cl)cc2)S(=O)(=O)c2ccccc2)cc1)NCc1ccco1. The third-order valence-corrected chi connectivity index (χ3v) is 7.47. The number of furan rings is 1. The number of benzene rings is 3. The Kier molecular flexibility index (Phi) is 9.55. The lowest BCUT2D eigenvalue weighted by Gasteiger charge is -2.23. The molecule has 0 aliphatic heterocycles. The molecule has 4 aromatic rings. The lowest BCUT2D eigenvalue weighted by atomic mass is 10.2. The third-order valence-electron chi connectivity index (χ3n) is 5.43. The molecule has 0 aliphatic rings. The fourth-order valence-electron chi connectivity index (χ4n) is 3.44. The van der Waals surface area contributed by atoms with Crippen LogP contribution in [0.1, 0.15) is 11.3 Å². The van der Waals surface area contributed by atoms with Crippen molar-refractivity contribution >= 4 is 45.3 Å². The number of carbonyl (C=O) groups excluding carboxylic acids is 2. The Labute approximate surface area is 236 Å². The molecule has 2 amide bonds. The number of hydrogen-bond donors (Lipinski definition) is 2. The highest BCUT2D eigenvalue weighted by molar-refractivity contribution is 7.92. The van der Waals surface area contributed by atoms with Gasteiger partial charge in [-0.05, 0) is 78.4 Å². The molecule has 0 spiro atoms. The summed E-state index contributed by atoms with van der Waals surface area (Å²) in [5.74, 6) is 0.163. The van der Waals surface area contributed by atoms with Crippen LogP contribution in [0.5, 0.6) is 5.75 Å². The summed E-state index contributed by atoms with van der Waals surface area (Å²) in [5.41, 5.74) is 3.27. The van der Waals surface area contributed by atoms with Gasteiger partial charge in [-0.1, -0.05) is 29.8 Å². The number of rotatable bonds is 12. The van der Waals surface area contributed by atoms with E-state index in [1.54, 1.807) is 66.7 Å². The summed E-state index contributed by atoms with van der Waals surface area (Å²) in [4.78, 5) is 24.6. The smallest absolute Gasteiger partial charge is 0.264 e. The van der Waals surface area contributed by atoms with E-state index in [9.17, 15) is 18.0 Å². The minimum atomic E-state index is -4.04. The Morgan fingerprint density at radius 1 is 0.925 bits per heavy atom. The van der Waals surface area contributed by atoms with E-state index < -0.39 is 22.5 Å². The van der Waals surface area contributed by atoms with Crippen molar-refractivity contribution in [3.63, 3.8) is 0 Å². The van der Waals surface area contributed by atoms with Gasteiger partial charge in [-0.25, -0.2) is 13.8 Å². The first-order valence-electron chi connectivity index (χ1n) is 12.0. The maximum atomic E-state index is 13.3. The molecule has 1 heterocycles. The summed E-state index contributed by atoms with van der Waals surface area (Å²) in [6.45, 7) is -0.406. The average Bonchev–Trinajstić information content (AvgIpc) is 3.49. The van der Waals surface area contributed by atoms with Gasteiger partial charge in [0.25, 0.3) is 21.8 Å².